The maximum Gasteiger partial charge on any atom is 0.340 e. The lowest BCUT2D eigenvalue weighted by Gasteiger charge is -2.16. The van der Waals surface area contributed by atoms with Crippen molar-refractivity contribution in [2.24, 2.45) is 0 Å². The molecule has 4 nitrogen and oxygen atoms in total. The van der Waals surface area contributed by atoms with E-state index in [0.29, 0.717) is 11.3 Å². The van der Waals surface area contributed by atoms with Gasteiger partial charge in [-0.1, -0.05) is 36.4 Å². The van der Waals surface area contributed by atoms with Crippen molar-refractivity contribution in [2.75, 3.05) is 5.75 Å². The number of benzene rings is 2. The topological polar surface area (TPSA) is 52.6 Å². The minimum atomic E-state index is -1.43. The standard InChI is InChI=1S/C15H12O4S/c16-15(18-14-6-3-9-20(17)19-14)13-8-7-11-4-1-2-5-12(11)10-13/h1-8,10,14H,9H2/t14-,20?/m0/s1. The fourth-order valence-corrected chi connectivity index (χ4v) is 2.63. The van der Waals surface area contributed by atoms with Gasteiger partial charge in [0, 0.05) is 0 Å². The van der Waals surface area contributed by atoms with Crippen LogP contribution in [-0.4, -0.2) is 22.2 Å². The molecule has 0 saturated heterocycles. The predicted octanol–water partition coefficient (Wildman–Crippen LogP) is 2.57. The van der Waals surface area contributed by atoms with Crippen molar-refractivity contribution in [1.82, 2.24) is 0 Å². The summed E-state index contributed by atoms with van der Waals surface area (Å²) in [5, 5.41) is 2.02. The van der Waals surface area contributed by atoms with Crippen molar-refractivity contribution in [3.05, 3.63) is 60.2 Å². The molecule has 2 aromatic rings. The number of hydrogen-bond acceptors (Lipinski definition) is 4. The third kappa shape index (κ3) is 2.79. The summed E-state index contributed by atoms with van der Waals surface area (Å²) in [6.45, 7) is 0. The molecular formula is C15H12O4S. The highest BCUT2D eigenvalue weighted by Crippen LogP contribution is 2.17. The summed E-state index contributed by atoms with van der Waals surface area (Å²) < 4.78 is 21.4. The molecule has 0 fully saturated rings. The highest BCUT2D eigenvalue weighted by atomic mass is 32.2. The van der Waals surface area contributed by atoms with Gasteiger partial charge in [-0.05, 0) is 29.0 Å². The Balaban J connectivity index is 1.80. The fraction of sp³-hybridized carbons (Fsp3) is 0.133. The summed E-state index contributed by atoms with van der Waals surface area (Å²) in [5.74, 6) is -0.173. The third-order valence-electron chi connectivity index (χ3n) is 2.94. The van der Waals surface area contributed by atoms with Gasteiger partial charge in [-0.25, -0.2) is 13.2 Å². The summed E-state index contributed by atoms with van der Waals surface area (Å²) in [7, 11) is 0. The van der Waals surface area contributed by atoms with Crippen LogP contribution in [0.2, 0.25) is 0 Å². The molecule has 0 aromatic heterocycles. The average Bonchev–Trinajstić information content (AvgIpc) is 2.47. The first kappa shape index (κ1) is 13.0. The molecule has 0 radical (unpaired) electrons. The molecule has 0 saturated carbocycles. The zero-order valence-corrected chi connectivity index (χ0v) is 11.3. The van der Waals surface area contributed by atoms with Crippen LogP contribution < -0.4 is 0 Å². The number of carbonyl (C=O) groups excluding carboxylic acids is 1. The molecule has 1 heterocycles. The normalized spacial score (nSPS) is 21.8. The summed E-state index contributed by atoms with van der Waals surface area (Å²) >= 11 is -1.43. The first-order valence-electron chi connectivity index (χ1n) is 6.14. The van der Waals surface area contributed by atoms with Gasteiger partial charge in [0.05, 0.1) is 11.3 Å². The van der Waals surface area contributed by atoms with Crippen LogP contribution in [0.3, 0.4) is 0 Å². The Morgan fingerprint density at radius 1 is 1.20 bits per heavy atom. The van der Waals surface area contributed by atoms with Crippen molar-refractivity contribution >= 4 is 27.8 Å². The van der Waals surface area contributed by atoms with E-state index in [2.05, 4.69) is 0 Å². The average molecular weight is 288 g/mol. The molecule has 0 amide bonds. The van der Waals surface area contributed by atoms with Gasteiger partial charge in [-0.15, -0.1) is 0 Å². The first-order chi connectivity index (χ1) is 9.72. The van der Waals surface area contributed by atoms with E-state index < -0.39 is 23.3 Å². The molecule has 2 atom stereocenters. The number of fused-ring (bicyclic) bond motifs is 1. The van der Waals surface area contributed by atoms with Crippen molar-refractivity contribution < 1.29 is 17.9 Å². The molecule has 1 unspecified atom stereocenters. The van der Waals surface area contributed by atoms with Crippen LogP contribution in [0.4, 0.5) is 0 Å². The Hall–Kier alpha value is -1.98. The molecule has 0 bridgehead atoms. The Bertz CT molecular complexity index is 708. The summed E-state index contributed by atoms with van der Waals surface area (Å²) in [5.41, 5.74) is 0.442. The molecule has 1 aliphatic rings. The summed E-state index contributed by atoms with van der Waals surface area (Å²) in [4.78, 5) is 12.0. The van der Waals surface area contributed by atoms with Crippen LogP contribution >= 0.6 is 0 Å². The molecule has 20 heavy (non-hydrogen) atoms. The molecule has 0 aliphatic carbocycles. The van der Waals surface area contributed by atoms with Crippen LogP contribution in [0.5, 0.6) is 0 Å². The first-order valence-corrected chi connectivity index (χ1v) is 7.39. The van der Waals surface area contributed by atoms with Gasteiger partial charge in [0.1, 0.15) is 0 Å². The van der Waals surface area contributed by atoms with Gasteiger partial charge in [0.25, 0.3) is 0 Å². The highest BCUT2D eigenvalue weighted by Gasteiger charge is 2.19. The quantitative estimate of drug-likeness (QED) is 0.629. The maximum atomic E-state index is 12.0. The zero-order valence-electron chi connectivity index (χ0n) is 10.5. The van der Waals surface area contributed by atoms with Crippen molar-refractivity contribution in [3.8, 4) is 0 Å². The van der Waals surface area contributed by atoms with Crippen LogP contribution in [0.25, 0.3) is 10.8 Å². The van der Waals surface area contributed by atoms with E-state index >= 15 is 0 Å². The number of ether oxygens (including phenoxy) is 1. The Morgan fingerprint density at radius 3 is 2.80 bits per heavy atom. The lowest BCUT2D eigenvalue weighted by molar-refractivity contribution is -0.0166. The second-order valence-electron chi connectivity index (χ2n) is 4.33. The predicted molar refractivity (Wildman–Crippen MR) is 76.4 cm³/mol. The van der Waals surface area contributed by atoms with E-state index in [0.717, 1.165) is 10.8 Å². The Kier molecular flexibility index (Phi) is 3.62. The Labute approximate surface area is 118 Å². The van der Waals surface area contributed by atoms with Crippen molar-refractivity contribution in [3.63, 3.8) is 0 Å². The molecule has 3 rings (SSSR count). The lowest BCUT2D eigenvalue weighted by Crippen LogP contribution is -2.24. The molecular weight excluding hydrogens is 276 g/mol. The fourth-order valence-electron chi connectivity index (χ4n) is 1.97. The van der Waals surface area contributed by atoms with Gasteiger partial charge in [-0.2, -0.15) is 0 Å². The van der Waals surface area contributed by atoms with Crippen LogP contribution in [0.1, 0.15) is 10.4 Å². The van der Waals surface area contributed by atoms with Gasteiger partial charge >= 0.3 is 5.97 Å². The van der Waals surface area contributed by atoms with Crippen LogP contribution in [0, 0.1) is 0 Å². The molecule has 0 spiro atoms. The van der Waals surface area contributed by atoms with Gasteiger partial charge in [-0.3, -0.25) is 0 Å². The Morgan fingerprint density at radius 2 is 2.00 bits per heavy atom. The van der Waals surface area contributed by atoms with E-state index in [1.54, 1.807) is 24.3 Å². The second-order valence-corrected chi connectivity index (χ2v) is 5.46. The van der Waals surface area contributed by atoms with Crippen LogP contribution in [-0.2, 0) is 20.0 Å². The smallest absolute Gasteiger partial charge is 0.340 e. The number of esters is 1. The molecule has 2 aromatic carbocycles. The molecule has 0 N–H and O–H groups in total. The number of hydrogen-bond donors (Lipinski definition) is 0. The third-order valence-corrected chi connectivity index (χ3v) is 3.80. The maximum absolute atomic E-state index is 12.0. The van der Waals surface area contributed by atoms with Gasteiger partial charge in [0.2, 0.25) is 6.29 Å². The summed E-state index contributed by atoms with van der Waals surface area (Å²) in [6.07, 6.45) is 2.38. The van der Waals surface area contributed by atoms with Crippen LogP contribution in [0.15, 0.2) is 54.6 Å². The van der Waals surface area contributed by atoms with E-state index in [1.807, 2.05) is 30.3 Å². The van der Waals surface area contributed by atoms with E-state index in [-0.39, 0.29) is 0 Å². The molecule has 102 valence electrons. The van der Waals surface area contributed by atoms with Crippen molar-refractivity contribution in [1.29, 1.82) is 0 Å². The highest BCUT2D eigenvalue weighted by molar-refractivity contribution is 7.80. The van der Waals surface area contributed by atoms with Gasteiger partial charge in [0.15, 0.2) is 11.1 Å². The molecule has 5 heteroatoms. The lowest BCUT2D eigenvalue weighted by atomic mass is 10.1. The summed E-state index contributed by atoms with van der Waals surface area (Å²) in [6, 6.07) is 13.1. The van der Waals surface area contributed by atoms with E-state index in [4.69, 9.17) is 8.92 Å². The minimum absolute atomic E-state index is 0.323. The molecule has 1 aliphatic heterocycles. The number of carbonyl (C=O) groups is 1. The van der Waals surface area contributed by atoms with E-state index in [9.17, 15) is 9.00 Å². The second kappa shape index (κ2) is 5.56. The largest absolute Gasteiger partial charge is 0.427 e. The van der Waals surface area contributed by atoms with Crippen molar-refractivity contribution in [2.45, 2.75) is 6.29 Å². The number of rotatable bonds is 2. The van der Waals surface area contributed by atoms with E-state index in [1.165, 1.54) is 0 Å². The van der Waals surface area contributed by atoms with Gasteiger partial charge < -0.3 is 4.74 Å². The SMILES string of the molecule is O=C(O[C@@H]1C=CCS(=O)O1)c1ccc2ccccc2c1. The zero-order chi connectivity index (χ0) is 13.9. The minimum Gasteiger partial charge on any atom is -0.427 e. The monoisotopic (exact) mass is 288 g/mol.